The van der Waals surface area contributed by atoms with Gasteiger partial charge in [0.15, 0.2) is 0 Å². The molecule has 1 saturated heterocycles. The lowest BCUT2D eigenvalue weighted by Crippen LogP contribution is -2.53. The minimum atomic E-state index is -0.638. The Hall–Kier alpha value is -1.79. The van der Waals surface area contributed by atoms with Crippen molar-refractivity contribution in [2.45, 2.75) is 45.8 Å². The van der Waals surface area contributed by atoms with E-state index in [0.717, 1.165) is 11.3 Å². The van der Waals surface area contributed by atoms with Crippen molar-refractivity contribution in [2.24, 2.45) is 11.1 Å². The fraction of sp³-hybridized carbons (Fsp3) is 0.556. The highest BCUT2D eigenvalue weighted by Crippen LogP contribution is 2.20. The Kier molecular flexibility index (Phi) is 7.26. The number of rotatable bonds is 5. The van der Waals surface area contributed by atoms with E-state index in [2.05, 4.69) is 5.32 Å². The zero-order valence-corrected chi connectivity index (χ0v) is 16.1. The summed E-state index contributed by atoms with van der Waals surface area (Å²) in [7, 11) is 1.62. The fourth-order valence-corrected chi connectivity index (χ4v) is 2.64. The van der Waals surface area contributed by atoms with Crippen molar-refractivity contribution >= 4 is 24.2 Å². The number of nitrogens with zero attached hydrogens (tertiary/aromatic N) is 1. The number of nitrogens with two attached hydrogens (primary N) is 1. The molecular weight excluding hydrogens is 342 g/mol. The second-order valence-electron chi connectivity index (χ2n) is 7.30. The van der Waals surface area contributed by atoms with Crippen LogP contribution in [-0.4, -0.2) is 42.5 Å². The third-order valence-electron chi connectivity index (χ3n) is 4.36. The van der Waals surface area contributed by atoms with Gasteiger partial charge in [-0.05, 0) is 29.5 Å². The molecule has 2 rings (SSSR count). The standard InChI is InChI=1S/C18H27N3O3.ClH/c1-18(2,3)15(19)16(22)20-14-9-10-21(17(14)23)11-12-5-7-13(24-4)8-6-12;/h5-8,14-15H,9-11,19H2,1-4H3,(H,20,22);1H/t14?,15-;/m1./s1. The van der Waals surface area contributed by atoms with Gasteiger partial charge in [-0.15, -0.1) is 12.4 Å². The van der Waals surface area contributed by atoms with E-state index >= 15 is 0 Å². The number of benzene rings is 1. The topological polar surface area (TPSA) is 84.7 Å². The molecule has 1 aliphatic heterocycles. The Bertz CT molecular complexity index is 599. The molecule has 3 N–H and O–H groups in total. The predicted molar refractivity (Wildman–Crippen MR) is 99.6 cm³/mol. The minimum Gasteiger partial charge on any atom is -0.497 e. The summed E-state index contributed by atoms with van der Waals surface area (Å²) in [5.41, 5.74) is 6.65. The van der Waals surface area contributed by atoms with Gasteiger partial charge in [0.1, 0.15) is 11.8 Å². The molecule has 2 amide bonds. The highest BCUT2D eigenvalue weighted by molar-refractivity contribution is 5.91. The van der Waals surface area contributed by atoms with Gasteiger partial charge in [0, 0.05) is 13.1 Å². The minimum absolute atomic E-state index is 0. The lowest BCUT2D eigenvalue weighted by Gasteiger charge is -2.27. The summed E-state index contributed by atoms with van der Waals surface area (Å²) in [6.45, 7) is 6.87. The van der Waals surface area contributed by atoms with Crippen LogP contribution in [0.2, 0.25) is 0 Å². The third kappa shape index (κ3) is 5.34. The molecule has 1 aliphatic rings. The summed E-state index contributed by atoms with van der Waals surface area (Å²) < 4.78 is 5.13. The average molecular weight is 370 g/mol. The van der Waals surface area contributed by atoms with Crippen LogP contribution in [0.25, 0.3) is 0 Å². The van der Waals surface area contributed by atoms with E-state index in [9.17, 15) is 9.59 Å². The second-order valence-corrected chi connectivity index (χ2v) is 7.30. The molecule has 1 fully saturated rings. The van der Waals surface area contributed by atoms with Crippen LogP contribution in [0.5, 0.6) is 5.75 Å². The monoisotopic (exact) mass is 369 g/mol. The Morgan fingerprint density at radius 2 is 1.96 bits per heavy atom. The number of halogens is 1. The lowest BCUT2D eigenvalue weighted by atomic mass is 9.87. The molecule has 0 spiro atoms. The van der Waals surface area contributed by atoms with Crippen LogP contribution >= 0.6 is 12.4 Å². The quantitative estimate of drug-likeness (QED) is 0.827. The van der Waals surface area contributed by atoms with Crippen LogP contribution in [0, 0.1) is 5.41 Å². The van der Waals surface area contributed by atoms with Gasteiger partial charge in [-0.1, -0.05) is 32.9 Å². The molecule has 2 atom stereocenters. The molecule has 0 bridgehead atoms. The molecule has 0 saturated carbocycles. The number of hydrogen-bond acceptors (Lipinski definition) is 4. The van der Waals surface area contributed by atoms with Crippen LogP contribution in [0.15, 0.2) is 24.3 Å². The molecule has 1 heterocycles. The molecular formula is C18H28ClN3O3. The van der Waals surface area contributed by atoms with Gasteiger partial charge in [-0.3, -0.25) is 9.59 Å². The number of methoxy groups -OCH3 is 1. The summed E-state index contributed by atoms with van der Waals surface area (Å²) in [5, 5.41) is 2.79. The summed E-state index contributed by atoms with van der Waals surface area (Å²) in [6, 6.07) is 6.50. The van der Waals surface area contributed by atoms with Gasteiger partial charge < -0.3 is 20.7 Å². The zero-order chi connectivity index (χ0) is 17.9. The van der Waals surface area contributed by atoms with Crippen molar-refractivity contribution in [3.05, 3.63) is 29.8 Å². The van der Waals surface area contributed by atoms with Crippen molar-refractivity contribution in [3.8, 4) is 5.75 Å². The largest absolute Gasteiger partial charge is 0.497 e. The van der Waals surface area contributed by atoms with Crippen LogP contribution in [-0.2, 0) is 16.1 Å². The SMILES string of the molecule is COc1ccc(CN2CCC(NC(=O)[C@@H](N)C(C)(C)C)C2=O)cc1.Cl. The first kappa shape index (κ1) is 21.3. The number of ether oxygens (including phenoxy) is 1. The first-order chi connectivity index (χ1) is 11.2. The second kappa shape index (κ2) is 8.54. The van der Waals surface area contributed by atoms with Gasteiger partial charge in [-0.2, -0.15) is 0 Å². The molecule has 1 aromatic carbocycles. The van der Waals surface area contributed by atoms with Crippen molar-refractivity contribution in [2.75, 3.05) is 13.7 Å². The Balaban J connectivity index is 0.00000312. The lowest BCUT2D eigenvalue weighted by molar-refractivity contribution is -0.134. The van der Waals surface area contributed by atoms with Crippen molar-refractivity contribution < 1.29 is 14.3 Å². The first-order valence-corrected chi connectivity index (χ1v) is 8.20. The van der Waals surface area contributed by atoms with E-state index in [1.165, 1.54) is 0 Å². The molecule has 7 heteroatoms. The molecule has 6 nitrogen and oxygen atoms in total. The summed E-state index contributed by atoms with van der Waals surface area (Å²) >= 11 is 0. The van der Waals surface area contributed by atoms with Gasteiger partial charge in [0.2, 0.25) is 11.8 Å². The number of likely N-dealkylation sites (tertiary alicyclic amines) is 1. The number of hydrogen-bond donors (Lipinski definition) is 2. The van der Waals surface area contributed by atoms with Crippen molar-refractivity contribution in [1.82, 2.24) is 10.2 Å². The molecule has 0 radical (unpaired) electrons. The molecule has 0 aliphatic carbocycles. The van der Waals surface area contributed by atoms with Gasteiger partial charge in [0.25, 0.3) is 0 Å². The predicted octanol–water partition coefficient (Wildman–Crippen LogP) is 1.71. The Morgan fingerprint density at radius 1 is 1.36 bits per heavy atom. The van der Waals surface area contributed by atoms with Crippen molar-refractivity contribution in [1.29, 1.82) is 0 Å². The molecule has 1 unspecified atom stereocenters. The first-order valence-electron chi connectivity index (χ1n) is 8.20. The van der Waals surface area contributed by atoms with Gasteiger partial charge in [0.05, 0.1) is 13.2 Å². The van der Waals surface area contributed by atoms with E-state index in [4.69, 9.17) is 10.5 Å². The normalized spacial score (nSPS) is 18.5. The summed E-state index contributed by atoms with van der Waals surface area (Å²) in [4.78, 5) is 26.5. The molecule has 140 valence electrons. The van der Waals surface area contributed by atoms with Crippen molar-refractivity contribution in [3.63, 3.8) is 0 Å². The number of nitrogens with one attached hydrogen (secondary N) is 1. The van der Waals surface area contributed by atoms with E-state index in [1.54, 1.807) is 12.0 Å². The maximum Gasteiger partial charge on any atom is 0.245 e. The summed E-state index contributed by atoms with van der Waals surface area (Å²) in [5.74, 6) is 0.459. The van der Waals surface area contributed by atoms with Gasteiger partial charge >= 0.3 is 0 Å². The van der Waals surface area contributed by atoms with Crippen LogP contribution in [0.4, 0.5) is 0 Å². The fourth-order valence-electron chi connectivity index (χ4n) is 2.64. The highest BCUT2D eigenvalue weighted by atomic mass is 35.5. The smallest absolute Gasteiger partial charge is 0.245 e. The molecule has 25 heavy (non-hydrogen) atoms. The van der Waals surface area contributed by atoms with E-state index in [1.807, 2.05) is 45.0 Å². The van der Waals surface area contributed by atoms with Crippen LogP contribution in [0.3, 0.4) is 0 Å². The number of carbonyl (C=O) groups excluding carboxylic acids is 2. The highest BCUT2D eigenvalue weighted by Gasteiger charge is 2.35. The summed E-state index contributed by atoms with van der Waals surface area (Å²) in [6.07, 6.45) is 0.609. The van der Waals surface area contributed by atoms with Crippen LogP contribution in [0.1, 0.15) is 32.8 Å². The number of carbonyl (C=O) groups is 2. The maximum absolute atomic E-state index is 12.5. The number of amides is 2. The van der Waals surface area contributed by atoms with Crippen LogP contribution < -0.4 is 15.8 Å². The van der Waals surface area contributed by atoms with E-state index in [0.29, 0.717) is 19.5 Å². The molecule has 0 aromatic heterocycles. The van der Waals surface area contributed by atoms with E-state index < -0.39 is 12.1 Å². The third-order valence-corrected chi connectivity index (χ3v) is 4.36. The average Bonchev–Trinajstić information content (AvgIpc) is 2.87. The van der Waals surface area contributed by atoms with Gasteiger partial charge in [-0.25, -0.2) is 0 Å². The van der Waals surface area contributed by atoms with E-state index in [-0.39, 0.29) is 29.6 Å². The maximum atomic E-state index is 12.5. The molecule has 1 aromatic rings. The Morgan fingerprint density at radius 3 is 2.48 bits per heavy atom. The zero-order valence-electron chi connectivity index (χ0n) is 15.2. The Labute approximate surface area is 155 Å².